The lowest BCUT2D eigenvalue weighted by Gasteiger charge is -2.18. The Morgan fingerprint density at radius 1 is 1.28 bits per heavy atom. The van der Waals surface area contributed by atoms with Gasteiger partial charge in [-0.05, 0) is 49.4 Å². The van der Waals surface area contributed by atoms with Crippen LogP contribution < -0.4 is 4.74 Å². The van der Waals surface area contributed by atoms with Gasteiger partial charge in [0.05, 0.1) is 12.6 Å². The van der Waals surface area contributed by atoms with E-state index in [2.05, 4.69) is 4.98 Å². The van der Waals surface area contributed by atoms with Gasteiger partial charge in [0.25, 0.3) is 0 Å². The summed E-state index contributed by atoms with van der Waals surface area (Å²) in [6.07, 6.45) is 5.22. The van der Waals surface area contributed by atoms with Crippen molar-refractivity contribution >= 4 is 17.2 Å². The lowest BCUT2D eigenvalue weighted by Crippen LogP contribution is -2.09. The van der Waals surface area contributed by atoms with E-state index in [0.29, 0.717) is 0 Å². The van der Waals surface area contributed by atoms with Crippen molar-refractivity contribution in [1.82, 2.24) is 4.98 Å². The number of benzene rings is 1. The number of rotatable bonds is 2. The van der Waals surface area contributed by atoms with Gasteiger partial charge in [-0.1, -0.05) is 0 Å². The van der Waals surface area contributed by atoms with Crippen LogP contribution in [0.5, 0.6) is 5.75 Å². The minimum Gasteiger partial charge on any atom is -0.497 e. The predicted octanol–water partition coefficient (Wildman–Crippen LogP) is 2.93. The monoisotopic (exact) mass is 241 g/mol. The largest absolute Gasteiger partial charge is 0.497 e. The van der Waals surface area contributed by atoms with Gasteiger partial charge in [-0.15, -0.1) is 0 Å². The summed E-state index contributed by atoms with van der Waals surface area (Å²) in [4.78, 5) is 16.1. The highest BCUT2D eigenvalue weighted by atomic mass is 16.5. The van der Waals surface area contributed by atoms with E-state index in [0.717, 1.165) is 59.0 Å². The first kappa shape index (κ1) is 11.2. The zero-order valence-electron chi connectivity index (χ0n) is 10.4. The number of hydrogen-bond donors (Lipinski definition) is 0. The molecule has 0 atom stereocenters. The number of carbonyl (C=O) groups is 1. The Morgan fingerprint density at radius 3 is 2.89 bits per heavy atom. The fraction of sp³-hybridized carbons (Fsp3) is 0.333. The Morgan fingerprint density at radius 2 is 2.11 bits per heavy atom. The van der Waals surface area contributed by atoms with Gasteiger partial charge in [0, 0.05) is 16.6 Å². The van der Waals surface area contributed by atoms with Gasteiger partial charge >= 0.3 is 0 Å². The number of aldehydes is 1. The van der Waals surface area contributed by atoms with Crippen LogP contribution in [0.15, 0.2) is 18.2 Å². The van der Waals surface area contributed by atoms with Crippen molar-refractivity contribution in [3.05, 3.63) is 35.0 Å². The number of fused-ring (bicyclic) bond motifs is 2. The van der Waals surface area contributed by atoms with E-state index in [4.69, 9.17) is 4.74 Å². The van der Waals surface area contributed by atoms with E-state index in [-0.39, 0.29) is 0 Å². The Balaban J connectivity index is 2.33. The van der Waals surface area contributed by atoms with Crippen molar-refractivity contribution in [2.24, 2.45) is 0 Å². The number of hydrogen-bond acceptors (Lipinski definition) is 3. The molecule has 0 saturated carbocycles. The van der Waals surface area contributed by atoms with Gasteiger partial charge in [0.15, 0.2) is 6.29 Å². The molecule has 1 aliphatic carbocycles. The first-order valence-electron chi connectivity index (χ1n) is 6.28. The van der Waals surface area contributed by atoms with Crippen LogP contribution in [0.25, 0.3) is 10.9 Å². The summed E-state index contributed by atoms with van der Waals surface area (Å²) in [5.41, 5.74) is 3.92. The number of methoxy groups -OCH3 is 1. The zero-order chi connectivity index (χ0) is 12.5. The standard InChI is InChI=1S/C15H15NO2/c1-18-10-6-7-15-12(8-10)13(9-17)11-4-2-3-5-14(11)16-15/h6-9H,2-5H2,1H3. The molecule has 2 aromatic rings. The summed E-state index contributed by atoms with van der Waals surface area (Å²) in [5.74, 6) is 0.767. The van der Waals surface area contributed by atoms with Crippen molar-refractivity contribution in [1.29, 1.82) is 0 Å². The fourth-order valence-corrected chi connectivity index (χ4v) is 2.70. The third-order valence-electron chi connectivity index (χ3n) is 3.63. The summed E-state index contributed by atoms with van der Waals surface area (Å²) in [5, 5.41) is 0.907. The summed E-state index contributed by atoms with van der Waals surface area (Å²) in [6, 6.07) is 5.72. The average Bonchev–Trinajstić information content (AvgIpc) is 2.44. The minimum absolute atomic E-state index is 0.767. The Labute approximate surface area is 106 Å². The van der Waals surface area contributed by atoms with E-state index in [1.54, 1.807) is 7.11 Å². The number of aromatic nitrogens is 1. The number of pyridine rings is 1. The Bertz CT molecular complexity index is 619. The lowest BCUT2D eigenvalue weighted by atomic mass is 9.90. The molecule has 0 N–H and O–H groups in total. The van der Waals surface area contributed by atoms with E-state index in [1.165, 1.54) is 6.42 Å². The highest BCUT2D eigenvalue weighted by Gasteiger charge is 2.17. The summed E-state index contributed by atoms with van der Waals surface area (Å²) in [7, 11) is 1.63. The topological polar surface area (TPSA) is 39.2 Å². The van der Waals surface area contributed by atoms with E-state index in [1.807, 2.05) is 18.2 Å². The molecular formula is C15H15NO2. The van der Waals surface area contributed by atoms with Gasteiger partial charge in [-0.2, -0.15) is 0 Å². The summed E-state index contributed by atoms with van der Waals surface area (Å²) >= 11 is 0. The summed E-state index contributed by atoms with van der Waals surface area (Å²) < 4.78 is 5.22. The van der Waals surface area contributed by atoms with Crippen LogP contribution in [0.1, 0.15) is 34.5 Å². The van der Waals surface area contributed by atoms with Crippen LogP contribution in [0.4, 0.5) is 0 Å². The van der Waals surface area contributed by atoms with Crippen molar-refractivity contribution < 1.29 is 9.53 Å². The first-order valence-corrected chi connectivity index (χ1v) is 6.28. The molecule has 1 aliphatic rings. The van der Waals surface area contributed by atoms with E-state index < -0.39 is 0 Å². The van der Waals surface area contributed by atoms with Gasteiger partial charge < -0.3 is 4.74 Å². The Kier molecular flexibility index (Phi) is 2.74. The molecule has 0 unspecified atom stereocenters. The molecular weight excluding hydrogens is 226 g/mol. The summed E-state index contributed by atoms with van der Waals surface area (Å²) in [6.45, 7) is 0. The highest BCUT2D eigenvalue weighted by molar-refractivity contribution is 5.98. The van der Waals surface area contributed by atoms with Crippen LogP contribution in [0.3, 0.4) is 0 Å². The van der Waals surface area contributed by atoms with Crippen LogP contribution in [0.2, 0.25) is 0 Å². The van der Waals surface area contributed by atoms with Crippen LogP contribution >= 0.6 is 0 Å². The quantitative estimate of drug-likeness (QED) is 0.759. The molecule has 0 bridgehead atoms. The SMILES string of the molecule is COc1ccc2nc3c(c(C=O)c2c1)CCCC3. The second kappa shape index (κ2) is 4.41. The molecule has 3 rings (SSSR count). The van der Waals surface area contributed by atoms with Crippen molar-refractivity contribution in [2.45, 2.75) is 25.7 Å². The highest BCUT2D eigenvalue weighted by Crippen LogP contribution is 2.30. The van der Waals surface area contributed by atoms with Gasteiger partial charge in [0.1, 0.15) is 5.75 Å². The smallest absolute Gasteiger partial charge is 0.151 e. The lowest BCUT2D eigenvalue weighted by molar-refractivity contribution is 0.112. The molecule has 3 heteroatoms. The zero-order valence-corrected chi connectivity index (χ0v) is 10.4. The normalized spacial score (nSPS) is 14.3. The molecule has 0 aliphatic heterocycles. The number of ether oxygens (including phenoxy) is 1. The fourth-order valence-electron chi connectivity index (χ4n) is 2.70. The van der Waals surface area contributed by atoms with Crippen LogP contribution in [-0.2, 0) is 12.8 Å². The molecule has 1 heterocycles. The van der Waals surface area contributed by atoms with Crippen molar-refractivity contribution in [3.8, 4) is 5.75 Å². The predicted molar refractivity (Wildman–Crippen MR) is 70.3 cm³/mol. The first-order chi connectivity index (χ1) is 8.83. The number of aryl methyl sites for hydroxylation is 1. The molecule has 0 fully saturated rings. The van der Waals surface area contributed by atoms with Crippen molar-refractivity contribution in [2.75, 3.05) is 7.11 Å². The number of carbonyl (C=O) groups excluding carboxylic acids is 1. The number of nitrogens with zero attached hydrogens (tertiary/aromatic N) is 1. The third kappa shape index (κ3) is 1.67. The molecule has 1 aromatic carbocycles. The maximum absolute atomic E-state index is 11.4. The molecule has 0 saturated heterocycles. The second-order valence-corrected chi connectivity index (χ2v) is 4.66. The van der Waals surface area contributed by atoms with E-state index >= 15 is 0 Å². The van der Waals surface area contributed by atoms with Crippen LogP contribution in [-0.4, -0.2) is 18.4 Å². The van der Waals surface area contributed by atoms with E-state index in [9.17, 15) is 4.79 Å². The second-order valence-electron chi connectivity index (χ2n) is 4.66. The van der Waals surface area contributed by atoms with Gasteiger partial charge in [-0.25, -0.2) is 0 Å². The van der Waals surface area contributed by atoms with Gasteiger partial charge in [-0.3, -0.25) is 9.78 Å². The molecule has 0 amide bonds. The maximum atomic E-state index is 11.4. The molecule has 3 nitrogen and oxygen atoms in total. The molecule has 0 spiro atoms. The average molecular weight is 241 g/mol. The van der Waals surface area contributed by atoms with Gasteiger partial charge in [0.2, 0.25) is 0 Å². The molecule has 1 aromatic heterocycles. The molecule has 18 heavy (non-hydrogen) atoms. The maximum Gasteiger partial charge on any atom is 0.151 e. The minimum atomic E-state index is 0.767. The van der Waals surface area contributed by atoms with Crippen LogP contribution in [0, 0.1) is 0 Å². The van der Waals surface area contributed by atoms with Crippen molar-refractivity contribution in [3.63, 3.8) is 0 Å². The Hall–Kier alpha value is -1.90. The molecule has 92 valence electrons. The third-order valence-corrected chi connectivity index (χ3v) is 3.63. The molecule has 0 radical (unpaired) electrons.